The van der Waals surface area contributed by atoms with Crippen molar-refractivity contribution in [3.63, 3.8) is 0 Å². The smallest absolute Gasteiger partial charge is 0.272 e. The Labute approximate surface area is 131 Å². The fourth-order valence-electron chi connectivity index (χ4n) is 3.08. The van der Waals surface area contributed by atoms with Crippen LogP contribution in [0.4, 0.5) is 0 Å². The Balaban J connectivity index is 1.93. The van der Waals surface area contributed by atoms with Crippen LogP contribution in [0.1, 0.15) is 27.8 Å². The zero-order chi connectivity index (χ0) is 15.7. The predicted molar refractivity (Wildman–Crippen MR) is 85.7 cm³/mol. The van der Waals surface area contributed by atoms with Gasteiger partial charge < -0.3 is 9.80 Å². The van der Waals surface area contributed by atoms with Crippen molar-refractivity contribution in [1.29, 1.82) is 0 Å². The molecular formula is C17H22N4O. The van der Waals surface area contributed by atoms with E-state index in [0.717, 1.165) is 25.3 Å². The predicted octanol–water partition coefficient (Wildman–Crippen LogP) is 1.86. The van der Waals surface area contributed by atoms with E-state index in [1.54, 1.807) is 4.68 Å². The molecule has 0 saturated carbocycles. The first-order valence-corrected chi connectivity index (χ1v) is 7.61. The van der Waals surface area contributed by atoms with E-state index in [9.17, 15) is 4.79 Å². The van der Waals surface area contributed by atoms with Crippen molar-refractivity contribution in [3.05, 3.63) is 53.3 Å². The maximum atomic E-state index is 13.0. The lowest BCUT2D eigenvalue weighted by Gasteiger charge is -2.40. The van der Waals surface area contributed by atoms with E-state index >= 15 is 0 Å². The van der Waals surface area contributed by atoms with Crippen LogP contribution in [0.5, 0.6) is 0 Å². The van der Waals surface area contributed by atoms with E-state index in [1.807, 2.05) is 43.1 Å². The fraction of sp³-hybridized carbons (Fsp3) is 0.412. The molecule has 1 saturated heterocycles. The van der Waals surface area contributed by atoms with Gasteiger partial charge in [-0.2, -0.15) is 5.10 Å². The highest BCUT2D eigenvalue weighted by molar-refractivity contribution is 5.93. The second kappa shape index (κ2) is 5.93. The van der Waals surface area contributed by atoms with Crippen LogP contribution in [0.25, 0.3) is 0 Å². The number of aryl methyl sites for hydroxylation is 2. The highest BCUT2D eigenvalue weighted by atomic mass is 16.2. The average molecular weight is 298 g/mol. The Morgan fingerprint density at radius 2 is 1.91 bits per heavy atom. The molecule has 0 N–H and O–H groups in total. The number of hydrogen-bond donors (Lipinski definition) is 0. The van der Waals surface area contributed by atoms with Gasteiger partial charge in [0.15, 0.2) is 0 Å². The normalized spacial score (nSPS) is 19.4. The summed E-state index contributed by atoms with van der Waals surface area (Å²) in [6.07, 6.45) is 0. The third-order valence-corrected chi connectivity index (χ3v) is 4.25. The molecule has 0 radical (unpaired) electrons. The molecule has 1 aliphatic rings. The molecule has 1 atom stereocenters. The van der Waals surface area contributed by atoms with Gasteiger partial charge in [-0.05, 0) is 25.6 Å². The van der Waals surface area contributed by atoms with Gasteiger partial charge in [-0.15, -0.1) is 0 Å². The molecule has 5 heteroatoms. The molecule has 116 valence electrons. The number of aromatic nitrogens is 2. The summed E-state index contributed by atoms with van der Waals surface area (Å²) < 4.78 is 1.68. The minimum Gasteiger partial charge on any atom is -0.328 e. The highest BCUT2D eigenvalue weighted by Crippen LogP contribution is 2.26. The Morgan fingerprint density at radius 1 is 1.18 bits per heavy atom. The highest BCUT2D eigenvalue weighted by Gasteiger charge is 2.32. The molecule has 22 heavy (non-hydrogen) atoms. The standard InChI is InChI=1S/C17H22N4O/c1-13-11-15(20(3)18-13)17(22)21-10-9-19(2)12-16(21)14-7-5-4-6-8-14/h4-8,11,16H,9-10,12H2,1-3H3. The zero-order valence-corrected chi connectivity index (χ0v) is 13.4. The molecule has 1 aliphatic heterocycles. The van der Waals surface area contributed by atoms with Crippen molar-refractivity contribution < 1.29 is 4.79 Å². The number of carbonyl (C=O) groups excluding carboxylic acids is 1. The molecular weight excluding hydrogens is 276 g/mol. The first-order valence-electron chi connectivity index (χ1n) is 7.61. The first kappa shape index (κ1) is 14.8. The molecule has 0 bridgehead atoms. The van der Waals surface area contributed by atoms with Gasteiger partial charge in [0.2, 0.25) is 0 Å². The van der Waals surface area contributed by atoms with E-state index in [4.69, 9.17) is 0 Å². The van der Waals surface area contributed by atoms with E-state index in [-0.39, 0.29) is 11.9 Å². The van der Waals surface area contributed by atoms with Crippen molar-refractivity contribution >= 4 is 5.91 Å². The third kappa shape index (κ3) is 2.76. The van der Waals surface area contributed by atoms with Crippen molar-refractivity contribution in [2.75, 3.05) is 26.7 Å². The molecule has 1 aromatic heterocycles. The SMILES string of the molecule is Cc1cc(C(=O)N2CCN(C)CC2c2ccccc2)n(C)n1. The monoisotopic (exact) mass is 298 g/mol. The van der Waals surface area contributed by atoms with Gasteiger partial charge in [-0.25, -0.2) is 0 Å². The molecule has 1 amide bonds. The molecule has 1 unspecified atom stereocenters. The summed E-state index contributed by atoms with van der Waals surface area (Å²) in [5.74, 6) is 0.0602. The second-order valence-corrected chi connectivity index (χ2v) is 5.98. The van der Waals surface area contributed by atoms with Crippen molar-refractivity contribution in [2.45, 2.75) is 13.0 Å². The minimum absolute atomic E-state index is 0.0602. The second-order valence-electron chi connectivity index (χ2n) is 5.98. The Hall–Kier alpha value is -2.14. The minimum atomic E-state index is 0.0602. The number of benzene rings is 1. The lowest BCUT2D eigenvalue weighted by Crippen LogP contribution is -2.49. The Kier molecular flexibility index (Phi) is 3.98. The molecule has 0 spiro atoms. The summed E-state index contributed by atoms with van der Waals surface area (Å²) in [5.41, 5.74) is 2.71. The quantitative estimate of drug-likeness (QED) is 0.850. The maximum Gasteiger partial charge on any atom is 0.272 e. The van der Waals surface area contributed by atoms with Gasteiger partial charge in [0.25, 0.3) is 5.91 Å². The molecule has 3 rings (SSSR count). The fourth-order valence-corrected chi connectivity index (χ4v) is 3.08. The largest absolute Gasteiger partial charge is 0.328 e. The lowest BCUT2D eigenvalue weighted by atomic mass is 10.0. The van der Waals surface area contributed by atoms with Gasteiger partial charge in [-0.3, -0.25) is 9.48 Å². The number of carbonyl (C=O) groups is 1. The van der Waals surface area contributed by atoms with Crippen LogP contribution >= 0.6 is 0 Å². The van der Waals surface area contributed by atoms with Crippen LogP contribution < -0.4 is 0 Å². The Morgan fingerprint density at radius 3 is 2.55 bits per heavy atom. The number of amides is 1. The number of rotatable bonds is 2. The molecule has 1 aromatic carbocycles. The van der Waals surface area contributed by atoms with E-state index in [2.05, 4.69) is 29.2 Å². The van der Waals surface area contributed by atoms with Crippen LogP contribution in [0.15, 0.2) is 36.4 Å². The van der Waals surface area contributed by atoms with E-state index < -0.39 is 0 Å². The lowest BCUT2D eigenvalue weighted by molar-refractivity contribution is 0.0487. The topological polar surface area (TPSA) is 41.4 Å². The van der Waals surface area contributed by atoms with Crippen molar-refractivity contribution in [2.24, 2.45) is 7.05 Å². The zero-order valence-electron chi connectivity index (χ0n) is 13.4. The summed E-state index contributed by atoms with van der Waals surface area (Å²) in [4.78, 5) is 17.2. The van der Waals surface area contributed by atoms with Gasteiger partial charge >= 0.3 is 0 Å². The van der Waals surface area contributed by atoms with Gasteiger partial charge in [0, 0.05) is 26.7 Å². The summed E-state index contributed by atoms with van der Waals surface area (Å²) in [7, 11) is 3.93. The van der Waals surface area contributed by atoms with E-state index in [0.29, 0.717) is 5.69 Å². The number of likely N-dealkylation sites (N-methyl/N-ethyl adjacent to an activating group) is 1. The molecule has 0 aliphatic carbocycles. The van der Waals surface area contributed by atoms with Gasteiger partial charge in [0.05, 0.1) is 11.7 Å². The first-order chi connectivity index (χ1) is 10.6. The molecule has 1 fully saturated rings. The van der Waals surface area contributed by atoms with Crippen LogP contribution in [0, 0.1) is 6.92 Å². The van der Waals surface area contributed by atoms with Crippen LogP contribution in [0.3, 0.4) is 0 Å². The summed E-state index contributed by atoms with van der Waals surface area (Å²) in [5, 5.41) is 4.30. The number of piperazine rings is 1. The van der Waals surface area contributed by atoms with Crippen LogP contribution in [0.2, 0.25) is 0 Å². The molecule has 5 nitrogen and oxygen atoms in total. The summed E-state index contributed by atoms with van der Waals surface area (Å²) >= 11 is 0. The Bertz CT molecular complexity index is 665. The van der Waals surface area contributed by atoms with Crippen LogP contribution in [-0.4, -0.2) is 52.2 Å². The third-order valence-electron chi connectivity index (χ3n) is 4.25. The number of nitrogens with zero attached hydrogens (tertiary/aromatic N) is 4. The molecule has 2 heterocycles. The van der Waals surface area contributed by atoms with Crippen LogP contribution in [-0.2, 0) is 7.05 Å². The summed E-state index contributed by atoms with van der Waals surface area (Å²) in [6, 6.07) is 12.2. The number of hydrogen-bond acceptors (Lipinski definition) is 3. The van der Waals surface area contributed by atoms with Crippen molar-refractivity contribution in [3.8, 4) is 0 Å². The molecule has 2 aromatic rings. The maximum absolute atomic E-state index is 13.0. The van der Waals surface area contributed by atoms with E-state index in [1.165, 1.54) is 5.56 Å². The summed E-state index contributed by atoms with van der Waals surface area (Å²) in [6.45, 7) is 4.40. The average Bonchev–Trinajstić information content (AvgIpc) is 2.86. The van der Waals surface area contributed by atoms with Gasteiger partial charge in [0.1, 0.15) is 5.69 Å². The van der Waals surface area contributed by atoms with Gasteiger partial charge in [-0.1, -0.05) is 30.3 Å². The van der Waals surface area contributed by atoms with Crippen molar-refractivity contribution in [1.82, 2.24) is 19.6 Å².